The second-order valence-electron chi connectivity index (χ2n) is 5.13. The highest BCUT2D eigenvalue weighted by atomic mass is 19.4. The summed E-state index contributed by atoms with van der Waals surface area (Å²) in [5, 5.41) is 2.52. The maximum absolute atomic E-state index is 13.3. The fourth-order valence-corrected chi connectivity index (χ4v) is 1.65. The van der Waals surface area contributed by atoms with Crippen molar-refractivity contribution in [3.05, 3.63) is 29.8 Å². The van der Waals surface area contributed by atoms with Gasteiger partial charge in [0.25, 0.3) is 5.92 Å². The van der Waals surface area contributed by atoms with Gasteiger partial charge in [0.2, 0.25) is 0 Å². The zero-order valence-corrected chi connectivity index (χ0v) is 12.2. The van der Waals surface area contributed by atoms with Gasteiger partial charge in [-0.25, -0.2) is 13.6 Å². The number of carbonyl (C=O) groups excluding carboxylic acids is 1. The van der Waals surface area contributed by atoms with E-state index in [0.717, 1.165) is 23.5 Å². The molecule has 3 nitrogen and oxygen atoms in total. The molecular weight excluding hydrogens is 352 g/mol. The maximum atomic E-state index is 13.3. The second kappa shape index (κ2) is 6.10. The molecule has 0 aromatic heterocycles. The lowest BCUT2D eigenvalue weighted by atomic mass is 9.94. The van der Waals surface area contributed by atoms with Gasteiger partial charge in [-0.05, 0) is 19.1 Å². The molecular formula is C13H12F8N2O. The highest BCUT2D eigenvalue weighted by Crippen LogP contribution is 2.41. The quantitative estimate of drug-likeness (QED) is 0.743. The van der Waals surface area contributed by atoms with Crippen LogP contribution in [0.1, 0.15) is 19.4 Å². The van der Waals surface area contributed by atoms with Gasteiger partial charge in [0.15, 0.2) is 5.54 Å². The highest BCUT2D eigenvalue weighted by Gasteiger charge is 2.65. The van der Waals surface area contributed by atoms with E-state index in [4.69, 9.17) is 0 Å². The van der Waals surface area contributed by atoms with Gasteiger partial charge in [-0.15, -0.1) is 0 Å². The van der Waals surface area contributed by atoms with Crippen LogP contribution in [-0.2, 0) is 6.18 Å². The van der Waals surface area contributed by atoms with Crippen molar-refractivity contribution >= 4 is 11.7 Å². The van der Waals surface area contributed by atoms with Crippen LogP contribution in [-0.4, -0.2) is 23.7 Å². The van der Waals surface area contributed by atoms with Crippen molar-refractivity contribution in [2.24, 2.45) is 0 Å². The van der Waals surface area contributed by atoms with E-state index >= 15 is 0 Å². The van der Waals surface area contributed by atoms with Gasteiger partial charge in [-0.1, -0.05) is 12.1 Å². The van der Waals surface area contributed by atoms with Gasteiger partial charge >= 0.3 is 18.4 Å². The standard InChI is InChI=1S/C13H12F8N2O/c1-10(11(2,14)15,13(19,20)21)23-9(24)22-8-6-4-3-5-7(8)12(16,17)18/h3-6H,1-2H3,(H2,22,23,24). The zero-order chi connectivity index (χ0) is 19.0. The molecule has 2 N–H and O–H groups in total. The van der Waals surface area contributed by atoms with E-state index in [-0.39, 0.29) is 13.8 Å². The highest BCUT2D eigenvalue weighted by molar-refractivity contribution is 5.90. The first kappa shape index (κ1) is 20.0. The number of halogens is 8. The number of hydrogen-bond acceptors (Lipinski definition) is 1. The summed E-state index contributed by atoms with van der Waals surface area (Å²) >= 11 is 0. The summed E-state index contributed by atoms with van der Waals surface area (Å²) in [6.07, 6.45) is -10.4. The third kappa shape index (κ3) is 4.06. The number of benzene rings is 1. The Balaban J connectivity index is 3.10. The lowest BCUT2D eigenvalue weighted by molar-refractivity contribution is -0.249. The number of rotatable bonds is 3. The van der Waals surface area contributed by atoms with E-state index in [1.54, 1.807) is 0 Å². The average molecular weight is 364 g/mol. The Morgan fingerprint density at radius 1 is 0.917 bits per heavy atom. The van der Waals surface area contributed by atoms with Crippen molar-refractivity contribution in [1.29, 1.82) is 0 Å². The summed E-state index contributed by atoms with van der Waals surface area (Å²) in [6, 6.07) is 1.58. The molecule has 2 amide bonds. The average Bonchev–Trinajstić information content (AvgIpc) is 2.35. The third-order valence-electron chi connectivity index (χ3n) is 3.29. The van der Waals surface area contributed by atoms with E-state index in [1.165, 1.54) is 5.32 Å². The molecule has 24 heavy (non-hydrogen) atoms. The number of urea groups is 1. The van der Waals surface area contributed by atoms with E-state index < -0.39 is 41.1 Å². The number of amides is 2. The normalized spacial score (nSPS) is 15.6. The van der Waals surface area contributed by atoms with Gasteiger partial charge in [0, 0.05) is 6.92 Å². The molecule has 136 valence electrons. The Hall–Kier alpha value is -2.07. The minimum absolute atomic E-state index is 0.0300. The minimum atomic E-state index is -5.55. The van der Waals surface area contributed by atoms with E-state index in [1.807, 2.05) is 0 Å². The lowest BCUT2D eigenvalue weighted by Crippen LogP contribution is -2.66. The summed E-state index contributed by atoms with van der Waals surface area (Å²) < 4.78 is 103. The van der Waals surface area contributed by atoms with Crippen molar-refractivity contribution in [3.63, 3.8) is 0 Å². The number of anilines is 1. The van der Waals surface area contributed by atoms with E-state index in [0.29, 0.717) is 6.07 Å². The van der Waals surface area contributed by atoms with Crippen molar-refractivity contribution in [3.8, 4) is 0 Å². The molecule has 0 saturated carbocycles. The maximum Gasteiger partial charge on any atom is 0.418 e. The van der Waals surface area contributed by atoms with Crippen molar-refractivity contribution in [2.75, 3.05) is 5.32 Å². The zero-order valence-electron chi connectivity index (χ0n) is 12.2. The Bertz CT molecular complexity index is 589. The van der Waals surface area contributed by atoms with E-state index in [9.17, 15) is 39.9 Å². The smallest absolute Gasteiger partial charge is 0.319 e. The first-order chi connectivity index (χ1) is 10.6. The lowest BCUT2D eigenvalue weighted by Gasteiger charge is -2.37. The number of hydrogen-bond donors (Lipinski definition) is 2. The van der Waals surface area contributed by atoms with Crippen molar-refractivity contribution < 1.29 is 39.9 Å². The number of para-hydroxylation sites is 1. The first-order valence-electron chi connectivity index (χ1n) is 6.29. The molecule has 0 aliphatic heterocycles. The predicted molar refractivity (Wildman–Crippen MR) is 68.7 cm³/mol. The molecule has 0 radical (unpaired) electrons. The number of nitrogens with one attached hydrogen (secondary N) is 2. The monoisotopic (exact) mass is 364 g/mol. The molecule has 0 spiro atoms. The van der Waals surface area contributed by atoms with Crippen LogP contribution in [0.3, 0.4) is 0 Å². The first-order valence-corrected chi connectivity index (χ1v) is 6.29. The van der Waals surface area contributed by atoms with Crippen LogP contribution >= 0.6 is 0 Å². The molecule has 1 atom stereocenters. The Morgan fingerprint density at radius 3 is 1.83 bits per heavy atom. The number of alkyl halides is 8. The van der Waals surface area contributed by atoms with Crippen molar-refractivity contribution in [2.45, 2.75) is 37.7 Å². The van der Waals surface area contributed by atoms with Crippen LogP contribution in [0, 0.1) is 0 Å². The topological polar surface area (TPSA) is 41.1 Å². The van der Waals surface area contributed by atoms with Crippen LogP contribution in [0.15, 0.2) is 24.3 Å². The summed E-state index contributed by atoms with van der Waals surface area (Å²) in [5.41, 5.74) is -6.18. The molecule has 0 bridgehead atoms. The van der Waals surface area contributed by atoms with Crippen LogP contribution < -0.4 is 10.6 Å². The Labute approximate surface area is 131 Å². The number of carbonyl (C=O) groups is 1. The molecule has 1 aromatic carbocycles. The van der Waals surface area contributed by atoms with Gasteiger partial charge in [0.1, 0.15) is 0 Å². The van der Waals surface area contributed by atoms with Gasteiger partial charge < -0.3 is 10.6 Å². The fourth-order valence-electron chi connectivity index (χ4n) is 1.65. The molecule has 0 saturated heterocycles. The van der Waals surface area contributed by atoms with Gasteiger partial charge in [-0.3, -0.25) is 0 Å². The largest absolute Gasteiger partial charge is 0.418 e. The second-order valence-corrected chi connectivity index (χ2v) is 5.13. The summed E-state index contributed by atoms with van der Waals surface area (Å²) in [6.45, 7) is -0.0350. The van der Waals surface area contributed by atoms with Crippen LogP contribution in [0.4, 0.5) is 45.6 Å². The molecule has 0 heterocycles. The molecule has 1 unspecified atom stereocenters. The molecule has 0 aliphatic carbocycles. The SMILES string of the molecule is CC(F)(F)C(C)(NC(=O)Nc1ccccc1C(F)(F)F)C(F)(F)F. The molecule has 1 rings (SSSR count). The molecule has 0 fully saturated rings. The summed E-state index contributed by atoms with van der Waals surface area (Å²) in [5.74, 6) is -4.42. The molecule has 0 aliphatic rings. The molecule has 11 heteroatoms. The van der Waals surface area contributed by atoms with Crippen LogP contribution in [0.25, 0.3) is 0 Å². The predicted octanol–water partition coefficient (Wildman–Crippen LogP) is 4.80. The van der Waals surface area contributed by atoms with Gasteiger partial charge in [-0.2, -0.15) is 26.3 Å². The Morgan fingerprint density at radius 2 is 1.42 bits per heavy atom. The van der Waals surface area contributed by atoms with E-state index in [2.05, 4.69) is 0 Å². The Kier molecular flexibility index (Phi) is 5.07. The van der Waals surface area contributed by atoms with Crippen LogP contribution in [0.5, 0.6) is 0 Å². The van der Waals surface area contributed by atoms with Crippen molar-refractivity contribution in [1.82, 2.24) is 5.32 Å². The van der Waals surface area contributed by atoms with Crippen LogP contribution in [0.2, 0.25) is 0 Å². The molecule has 1 aromatic rings. The summed E-state index contributed by atoms with van der Waals surface area (Å²) in [4.78, 5) is 11.6. The summed E-state index contributed by atoms with van der Waals surface area (Å²) in [7, 11) is 0. The minimum Gasteiger partial charge on any atom is -0.319 e. The fraction of sp³-hybridized carbons (Fsp3) is 0.462. The van der Waals surface area contributed by atoms with Gasteiger partial charge in [0.05, 0.1) is 11.3 Å². The third-order valence-corrected chi connectivity index (χ3v) is 3.29.